The van der Waals surface area contributed by atoms with Crippen LogP contribution in [0.5, 0.6) is 5.75 Å². The van der Waals surface area contributed by atoms with E-state index in [2.05, 4.69) is 0 Å². The molecule has 2 rings (SSSR count). The van der Waals surface area contributed by atoms with Crippen molar-refractivity contribution in [1.29, 1.82) is 0 Å². The largest absolute Gasteiger partial charge is 0.496 e. The molecule has 0 aliphatic heterocycles. The van der Waals surface area contributed by atoms with Crippen LogP contribution in [0.4, 0.5) is 0 Å². The third-order valence-corrected chi connectivity index (χ3v) is 2.86. The molecule has 0 bridgehead atoms. The molecule has 74 valence electrons. The summed E-state index contributed by atoms with van der Waals surface area (Å²) in [6.07, 6.45) is 2.37. The van der Waals surface area contributed by atoms with Gasteiger partial charge in [0.1, 0.15) is 5.75 Å². The minimum Gasteiger partial charge on any atom is -0.496 e. The summed E-state index contributed by atoms with van der Waals surface area (Å²) in [6.45, 7) is 0. The number of hydrogen-bond donors (Lipinski definition) is 0. The van der Waals surface area contributed by atoms with Crippen molar-refractivity contribution in [2.24, 2.45) is 0 Å². The molecule has 0 radical (unpaired) electrons. The zero-order valence-corrected chi connectivity index (χ0v) is 8.73. The number of carbonyl (C=O) groups is 1. The molecule has 0 heterocycles. The predicted molar refractivity (Wildman–Crippen MR) is 55.3 cm³/mol. The number of Topliss-reactive ketones (excluding diaryl/α,β-unsaturated/α-hetero) is 1. The van der Waals surface area contributed by atoms with E-state index in [9.17, 15) is 4.79 Å². The first-order valence-corrected chi connectivity index (χ1v) is 5.00. The highest BCUT2D eigenvalue weighted by atomic mass is 35.5. The first-order chi connectivity index (χ1) is 6.74. The van der Waals surface area contributed by atoms with Gasteiger partial charge in [0.2, 0.25) is 0 Å². The number of ketones is 1. The third kappa shape index (κ3) is 1.40. The maximum Gasteiger partial charge on any atom is 0.164 e. The number of benzene rings is 1. The molecular formula is C11H11ClO2. The average Bonchev–Trinajstić information content (AvgIpc) is 2.18. The number of halogens is 1. The van der Waals surface area contributed by atoms with Gasteiger partial charge in [-0.2, -0.15) is 0 Å². The van der Waals surface area contributed by atoms with Crippen LogP contribution in [0.25, 0.3) is 0 Å². The molecule has 0 saturated heterocycles. The van der Waals surface area contributed by atoms with Gasteiger partial charge in [-0.3, -0.25) is 4.79 Å². The van der Waals surface area contributed by atoms with Crippen molar-refractivity contribution < 1.29 is 9.53 Å². The molecule has 0 N–H and O–H groups in total. The standard InChI is InChI=1S/C11H11ClO2/c1-14-10-6-5-8(12)11-7(10)3-2-4-9(11)13/h5-6H,2-4H2,1H3. The Morgan fingerprint density at radius 1 is 1.36 bits per heavy atom. The molecule has 1 aromatic rings. The van der Waals surface area contributed by atoms with E-state index in [0.717, 1.165) is 24.2 Å². The molecule has 14 heavy (non-hydrogen) atoms. The number of rotatable bonds is 1. The monoisotopic (exact) mass is 210 g/mol. The Labute approximate surface area is 87.8 Å². The lowest BCUT2D eigenvalue weighted by molar-refractivity contribution is 0.0972. The quantitative estimate of drug-likeness (QED) is 0.713. The van der Waals surface area contributed by atoms with E-state index in [1.165, 1.54) is 0 Å². The lowest BCUT2D eigenvalue weighted by atomic mass is 9.90. The maximum absolute atomic E-state index is 11.6. The Hall–Kier alpha value is -1.02. The van der Waals surface area contributed by atoms with Gasteiger partial charge in [0.15, 0.2) is 5.78 Å². The van der Waals surface area contributed by atoms with Crippen molar-refractivity contribution in [2.75, 3.05) is 7.11 Å². The number of ether oxygens (including phenoxy) is 1. The van der Waals surface area contributed by atoms with Crippen molar-refractivity contribution in [3.8, 4) is 5.75 Å². The molecule has 0 unspecified atom stereocenters. The summed E-state index contributed by atoms with van der Waals surface area (Å²) < 4.78 is 5.21. The summed E-state index contributed by atoms with van der Waals surface area (Å²) in [7, 11) is 1.61. The van der Waals surface area contributed by atoms with Gasteiger partial charge in [-0.25, -0.2) is 0 Å². The summed E-state index contributed by atoms with van der Waals surface area (Å²) in [5.74, 6) is 0.910. The zero-order chi connectivity index (χ0) is 10.1. The number of hydrogen-bond acceptors (Lipinski definition) is 2. The average molecular weight is 211 g/mol. The van der Waals surface area contributed by atoms with Gasteiger partial charge in [-0.1, -0.05) is 11.6 Å². The highest BCUT2D eigenvalue weighted by Crippen LogP contribution is 2.34. The molecule has 1 aliphatic carbocycles. The van der Waals surface area contributed by atoms with Crippen molar-refractivity contribution in [3.05, 3.63) is 28.3 Å². The highest BCUT2D eigenvalue weighted by Gasteiger charge is 2.22. The molecule has 1 aliphatic rings. The fourth-order valence-electron chi connectivity index (χ4n) is 1.89. The fraction of sp³-hybridized carbons (Fsp3) is 0.364. The van der Waals surface area contributed by atoms with Gasteiger partial charge in [0.05, 0.1) is 12.1 Å². The van der Waals surface area contributed by atoms with Gasteiger partial charge in [0, 0.05) is 17.5 Å². The van der Waals surface area contributed by atoms with Gasteiger partial charge < -0.3 is 4.74 Å². The molecule has 3 heteroatoms. The van der Waals surface area contributed by atoms with Crippen LogP contribution in [0.15, 0.2) is 12.1 Å². The van der Waals surface area contributed by atoms with Crippen LogP contribution in [0.1, 0.15) is 28.8 Å². The zero-order valence-electron chi connectivity index (χ0n) is 7.97. The molecule has 0 spiro atoms. The smallest absolute Gasteiger partial charge is 0.164 e. The Balaban J connectivity index is 2.63. The molecule has 0 amide bonds. The first kappa shape index (κ1) is 9.53. The van der Waals surface area contributed by atoms with E-state index in [-0.39, 0.29) is 5.78 Å². The lowest BCUT2D eigenvalue weighted by Gasteiger charge is -2.18. The van der Waals surface area contributed by atoms with Crippen LogP contribution in [-0.4, -0.2) is 12.9 Å². The van der Waals surface area contributed by atoms with Crippen LogP contribution >= 0.6 is 11.6 Å². The van der Waals surface area contributed by atoms with Gasteiger partial charge in [-0.05, 0) is 25.0 Å². The number of fused-ring (bicyclic) bond motifs is 1. The Morgan fingerprint density at radius 3 is 2.86 bits per heavy atom. The molecule has 0 aromatic heterocycles. The van der Waals surface area contributed by atoms with E-state index in [1.807, 2.05) is 6.07 Å². The second-order valence-corrected chi connectivity index (χ2v) is 3.79. The molecular weight excluding hydrogens is 200 g/mol. The molecule has 1 aromatic carbocycles. The minimum atomic E-state index is 0.134. The Bertz CT molecular complexity index is 385. The van der Waals surface area contributed by atoms with Gasteiger partial charge in [-0.15, -0.1) is 0 Å². The van der Waals surface area contributed by atoms with Crippen LogP contribution in [-0.2, 0) is 6.42 Å². The van der Waals surface area contributed by atoms with E-state index in [4.69, 9.17) is 16.3 Å². The predicted octanol–water partition coefficient (Wildman–Crippen LogP) is 2.87. The van der Waals surface area contributed by atoms with Crippen molar-refractivity contribution in [3.63, 3.8) is 0 Å². The molecule has 0 fully saturated rings. The Morgan fingerprint density at radius 2 is 2.14 bits per heavy atom. The topological polar surface area (TPSA) is 26.3 Å². The summed E-state index contributed by atoms with van der Waals surface area (Å²) in [5, 5.41) is 0.547. The lowest BCUT2D eigenvalue weighted by Crippen LogP contribution is -2.12. The van der Waals surface area contributed by atoms with Crippen LogP contribution < -0.4 is 4.74 Å². The third-order valence-electron chi connectivity index (χ3n) is 2.55. The first-order valence-electron chi connectivity index (χ1n) is 4.62. The summed E-state index contributed by atoms with van der Waals surface area (Å²) >= 11 is 5.99. The van der Waals surface area contributed by atoms with E-state index < -0.39 is 0 Å². The van der Waals surface area contributed by atoms with Gasteiger partial charge >= 0.3 is 0 Å². The molecule has 0 saturated carbocycles. The van der Waals surface area contributed by atoms with Crippen molar-refractivity contribution in [1.82, 2.24) is 0 Å². The van der Waals surface area contributed by atoms with Crippen LogP contribution in [0, 0.1) is 0 Å². The highest BCUT2D eigenvalue weighted by molar-refractivity contribution is 6.34. The van der Waals surface area contributed by atoms with Crippen molar-refractivity contribution >= 4 is 17.4 Å². The van der Waals surface area contributed by atoms with Crippen LogP contribution in [0.3, 0.4) is 0 Å². The maximum atomic E-state index is 11.6. The summed E-state index contributed by atoms with van der Waals surface area (Å²) in [4.78, 5) is 11.6. The van der Waals surface area contributed by atoms with E-state index in [1.54, 1.807) is 13.2 Å². The minimum absolute atomic E-state index is 0.134. The van der Waals surface area contributed by atoms with Crippen LogP contribution in [0.2, 0.25) is 5.02 Å². The number of methoxy groups -OCH3 is 1. The molecule has 0 atom stereocenters. The van der Waals surface area contributed by atoms with Crippen molar-refractivity contribution in [2.45, 2.75) is 19.3 Å². The second kappa shape index (κ2) is 3.62. The fourth-order valence-corrected chi connectivity index (χ4v) is 2.17. The van der Waals surface area contributed by atoms with Gasteiger partial charge in [0.25, 0.3) is 0 Å². The SMILES string of the molecule is COc1ccc(Cl)c2c1CCCC2=O. The summed E-state index contributed by atoms with van der Waals surface area (Å²) in [5.41, 5.74) is 1.63. The van der Waals surface area contributed by atoms with E-state index >= 15 is 0 Å². The van der Waals surface area contributed by atoms with E-state index in [0.29, 0.717) is 17.0 Å². The molecule has 2 nitrogen and oxygen atoms in total. The second-order valence-electron chi connectivity index (χ2n) is 3.38. The normalized spacial score (nSPS) is 15.1. The summed E-state index contributed by atoms with van der Waals surface area (Å²) in [6, 6.07) is 3.54. The number of carbonyl (C=O) groups excluding carboxylic acids is 1. The Kier molecular flexibility index (Phi) is 2.46.